The maximum atomic E-state index is 13.4. The summed E-state index contributed by atoms with van der Waals surface area (Å²) in [5, 5.41) is 9.08. The van der Waals surface area contributed by atoms with Crippen molar-refractivity contribution in [1.29, 1.82) is 5.26 Å². The number of hydrogen-bond donors (Lipinski definition) is 0. The van der Waals surface area contributed by atoms with Gasteiger partial charge in [-0.3, -0.25) is 19.3 Å². The number of nitrogens with zero attached hydrogens (tertiary/aromatic N) is 3. The van der Waals surface area contributed by atoms with Crippen molar-refractivity contribution in [2.24, 2.45) is 0 Å². The standard InChI is InChI=1S/C26H27N3O4/c1-2-33-21-12-10-19(11-13-21)28(16-6-15-27)24(30)18-9-14-22-23(17-18)26(32)29(25(22)31)20-7-4-3-5-8-20/h9-14,17,20H,2-8,16H2,1H3. The van der Waals surface area contributed by atoms with Crippen LogP contribution in [0.5, 0.6) is 5.75 Å². The third kappa shape index (κ3) is 4.47. The summed E-state index contributed by atoms with van der Waals surface area (Å²) in [4.78, 5) is 42.4. The van der Waals surface area contributed by atoms with E-state index in [1.165, 1.54) is 15.9 Å². The highest BCUT2D eigenvalue weighted by Crippen LogP contribution is 2.32. The molecular weight excluding hydrogens is 418 g/mol. The van der Waals surface area contributed by atoms with Crippen molar-refractivity contribution in [2.75, 3.05) is 18.1 Å². The number of amides is 3. The molecule has 2 aliphatic rings. The summed E-state index contributed by atoms with van der Waals surface area (Å²) in [6.45, 7) is 2.64. The summed E-state index contributed by atoms with van der Waals surface area (Å²) >= 11 is 0. The van der Waals surface area contributed by atoms with Crippen molar-refractivity contribution in [3.63, 3.8) is 0 Å². The van der Waals surface area contributed by atoms with Crippen LogP contribution in [0.3, 0.4) is 0 Å². The molecular formula is C26H27N3O4. The lowest BCUT2D eigenvalue weighted by Crippen LogP contribution is -2.40. The van der Waals surface area contributed by atoms with Gasteiger partial charge in [-0.1, -0.05) is 19.3 Å². The third-order valence-electron chi connectivity index (χ3n) is 6.26. The van der Waals surface area contributed by atoms with Gasteiger partial charge in [-0.2, -0.15) is 5.26 Å². The number of carbonyl (C=O) groups excluding carboxylic acids is 3. The molecule has 0 bridgehead atoms. The Morgan fingerprint density at radius 2 is 1.76 bits per heavy atom. The number of rotatable bonds is 7. The van der Waals surface area contributed by atoms with E-state index in [-0.39, 0.29) is 42.3 Å². The minimum atomic E-state index is -0.325. The summed E-state index contributed by atoms with van der Waals surface area (Å²) in [6.07, 6.45) is 4.97. The number of carbonyl (C=O) groups is 3. The smallest absolute Gasteiger partial charge is 0.261 e. The second kappa shape index (κ2) is 9.86. The largest absolute Gasteiger partial charge is 0.494 e. The molecule has 33 heavy (non-hydrogen) atoms. The molecule has 2 aromatic rings. The van der Waals surface area contributed by atoms with Gasteiger partial charge in [-0.15, -0.1) is 0 Å². The molecule has 1 fully saturated rings. The van der Waals surface area contributed by atoms with Crippen molar-refractivity contribution in [3.8, 4) is 11.8 Å². The van der Waals surface area contributed by atoms with Crippen LogP contribution in [-0.4, -0.2) is 41.8 Å². The monoisotopic (exact) mass is 445 g/mol. The highest BCUT2D eigenvalue weighted by molar-refractivity contribution is 6.22. The predicted octanol–water partition coefficient (Wildman–Crippen LogP) is 4.57. The van der Waals surface area contributed by atoms with Crippen LogP contribution >= 0.6 is 0 Å². The fourth-order valence-corrected chi connectivity index (χ4v) is 4.62. The quantitative estimate of drug-likeness (QED) is 0.582. The van der Waals surface area contributed by atoms with E-state index in [0.29, 0.717) is 29.2 Å². The van der Waals surface area contributed by atoms with Crippen molar-refractivity contribution in [1.82, 2.24) is 4.90 Å². The number of imide groups is 1. The number of ether oxygens (including phenoxy) is 1. The van der Waals surface area contributed by atoms with E-state index in [9.17, 15) is 14.4 Å². The zero-order chi connectivity index (χ0) is 23.4. The summed E-state index contributed by atoms with van der Waals surface area (Å²) in [6, 6.07) is 13.8. The Hall–Kier alpha value is -3.66. The van der Waals surface area contributed by atoms with Gasteiger partial charge < -0.3 is 9.64 Å². The van der Waals surface area contributed by atoms with Gasteiger partial charge >= 0.3 is 0 Å². The van der Waals surface area contributed by atoms with Gasteiger partial charge in [0.05, 0.1) is 30.2 Å². The van der Waals surface area contributed by atoms with Gasteiger partial charge in [0.15, 0.2) is 0 Å². The zero-order valence-electron chi connectivity index (χ0n) is 18.8. The zero-order valence-corrected chi connectivity index (χ0v) is 18.8. The number of nitriles is 1. The minimum Gasteiger partial charge on any atom is -0.494 e. The van der Waals surface area contributed by atoms with Gasteiger partial charge in [-0.25, -0.2) is 0 Å². The molecule has 0 N–H and O–H groups in total. The molecule has 4 rings (SSSR count). The highest BCUT2D eigenvalue weighted by Gasteiger charge is 2.40. The molecule has 2 aromatic carbocycles. The van der Waals surface area contributed by atoms with Crippen molar-refractivity contribution in [3.05, 3.63) is 59.2 Å². The first kappa shape index (κ1) is 22.5. The molecule has 170 valence electrons. The first-order chi connectivity index (χ1) is 16.0. The molecule has 1 saturated carbocycles. The Balaban J connectivity index is 1.61. The van der Waals surface area contributed by atoms with Crippen molar-refractivity contribution < 1.29 is 19.1 Å². The second-order valence-corrected chi connectivity index (χ2v) is 8.32. The summed E-state index contributed by atoms with van der Waals surface area (Å²) in [5.74, 6) is -0.220. The van der Waals surface area contributed by atoms with E-state index < -0.39 is 0 Å². The Morgan fingerprint density at radius 1 is 1.06 bits per heavy atom. The molecule has 1 aliphatic carbocycles. The van der Waals surface area contributed by atoms with Gasteiger partial charge in [0.25, 0.3) is 17.7 Å². The second-order valence-electron chi connectivity index (χ2n) is 8.32. The molecule has 0 saturated heterocycles. The van der Waals surface area contributed by atoms with Crippen LogP contribution in [0.15, 0.2) is 42.5 Å². The molecule has 0 spiro atoms. The SMILES string of the molecule is CCOc1ccc(N(CCC#N)C(=O)c2ccc3c(c2)C(=O)N(C2CCCCC2)C3=O)cc1. The molecule has 3 amide bonds. The molecule has 7 heteroatoms. The van der Waals surface area contributed by atoms with E-state index in [1.807, 2.05) is 6.92 Å². The molecule has 0 unspecified atom stereocenters. The molecule has 0 aromatic heterocycles. The first-order valence-electron chi connectivity index (χ1n) is 11.5. The maximum Gasteiger partial charge on any atom is 0.261 e. The van der Waals surface area contributed by atoms with E-state index in [0.717, 1.165) is 32.1 Å². The summed E-state index contributed by atoms with van der Waals surface area (Å²) < 4.78 is 5.47. The van der Waals surface area contributed by atoms with Crippen LogP contribution in [0.2, 0.25) is 0 Å². The van der Waals surface area contributed by atoms with E-state index in [2.05, 4.69) is 6.07 Å². The van der Waals surface area contributed by atoms with E-state index in [4.69, 9.17) is 10.00 Å². The average molecular weight is 446 g/mol. The van der Waals surface area contributed by atoms with Gasteiger partial charge in [0.2, 0.25) is 0 Å². The fraction of sp³-hybridized carbons (Fsp3) is 0.385. The summed E-state index contributed by atoms with van der Waals surface area (Å²) in [7, 11) is 0. The topological polar surface area (TPSA) is 90.7 Å². The normalized spacial score (nSPS) is 15.8. The van der Waals surface area contributed by atoms with Crippen LogP contribution in [0.4, 0.5) is 5.69 Å². The van der Waals surface area contributed by atoms with Crippen LogP contribution in [0.1, 0.15) is 76.5 Å². The van der Waals surface area contributed by atoms with Gasteiger partial charge in [-0.05, 0) is 62.2 Å². The molecule has 7 nitrogen and oxygen atoms in total. The average Bonchev–Trinajstić information content (AvgIpc) is 3.10. The number of fused-ring (bicyclic) bond motifs is 1. The molecule has 1 aliphatic heterocycles. The van der Waals surface area contributed by atoms with Crippen LogP contribution in [-0.2, 0) is 0 Å². The lowest BCUT2D eigenvalue weighted by molar-refractivity contribution is 0.0548. The minimum absolute atomic E-state index is 0.0683. The Labute approximate surface area is 193 Å². The molecule has 0 radical (unpaired) electrons. The number of anilines is 1. The van der Waals surface area contributed by atoms with Crippen molar-refractivity contribution >= 4 is 23.4 Å². The Morgan fingerprint density at radius 3 is 2.42 bits per heavy atom. The van der Waals surface area contributed by atoms with Crippen LogP contribution in [0.25, 0.3) is 0 Å². The molecule has 1 heterocycles. The lowest BCUT2D eigenvalue weighted by Gasteiger charge is -2.29. The Kier molecular flexibility index (Phi) is 6.74. The first-order valence-corrected chi connectivity index (χ1v) is 11.5. The molecule has 0 atom stereocenters. The maximum absolute atomic E-state index is 13.4. The van der Waals surface area contributed by atoms with Gasteiger partial charge in [0.1, 0.15) is 5.75 Å². The van der Waals surface area contributed by atoms with Gasteiger partial charge in [0, 0.05) is 23.8 Å². The van der Waals surface area contributed by atoms with Crippen LogP contribution in [0, 0.1) is 11.3 Å². The Bertz CT molecular complexity index is 1100. The lowest BCUT2D eigenvalue weighted by atomic mass is 9.94. The van der Waals surface area contributed by atoms with Crippen molar-refractivity contribution in [2.45, 2.75) is 51.5 Å². The highest BCUT2D eigenvalue weighted by atomic mass is 16.5. The fourth-order valence-electron chi connectivity index (χ4n) is 4.62. The van der Waals surface area contributed by atoms with Crippen LogP contribution < -0.4 is 9.64 Å². The predicted molar refractivity (Wildman–Crippen MR) is 123 cm³/mol. The number of benzene rings is 2. The van der Waals surface area contributed by atoms with E-state index >= 15 is 0 Å². The third-order valence-corrected chi connectivity index (χ3v) is 6.26. The number of hydrogen-bond acceptors (Lipinski definition) is 5. The summed E-state index contributed by atoms with van der Waals surface area (Å²) in [5.41, 5.74) is 1.58. The van der Waals surface area contributed by atoms with E-state index in [1.54, 1.807) is 36.4 Å².